The molecule has 2 N–H and O–H groups in total. The number of fused-ring (bicyclic) bond motifs is 2. The normalized spacial score (nSPS) is 29.0. The van der Waals surface area contributed by atoms with Gasteiger partial charge in [-0.3, -0.25) is 4.79 Å². The lowest BCUT2D eigenvalue weighted by atomic mass is 10.00. The Hall–Kier alpha value is -2.31. The van der Waals surface area contributed by atoms with E-state index >= 15 is 0 Å². The molecule has 0 aromatic heterocycles. The highest BCUT2D eigenvalue weighted by Crippen LogP contribution is 2.37. The zero-order valence-electron chi connectivity index (χ0n) is 13.4. The second-order valence-corrected chi connectivity index (χ2v) is 6.44. The van der Waals surface area contributed by atoms with Crippen LogP contribution in [-0.4, -0.2) is 40.3 Å². The SMILES string of the molecule is CC1CC2OC2/C=C/C=C/C(=O)Cc2c(Cl)c(O)cc(O)c2C(=O)O1. The van der Waals surface area contributed by atoms with Crippen molar-refractivity contribution >= 4 is 23.4 Å². The van der Waals surface area contributed by atoms with E-state index in [1.807, 2.05) is 6.08 Å². The molecule has 1 saturated heterocycles. The molecule has 2 heterocycles. The summed E-state index contributed by atoms with van der Waals surface area (Å²) >= 11 is 6.05. The molecule has 3 unspecified atom stereocenters. The molecule has 132 valence electrons. The van der Waals surface area contributed by atoms with Crippen LogP contribution in [0.25, 0.3) is 0 Å². The lowest BCUT2D eigenvalue weighted by Crippen LogP contribution is -2.19. The minimum Gasteiger partial charge on any atom is -0.507 e. The first kappa shape index (κ1) is 17.5. The molecule has 0 bridgehead atoms. The van der Waals surface area contributed by atoms with Crippen molar-refractivity contribution in [3.05, 3.63) is 46.5 Å². The van der Waals surface area contributed by atoms with Gasteiger partial charge in [-0.2, -0.15) is 0 Å². The van der Waals surface area contributed by atoms with E-state index in [0.717, 1.165) is 6.07 Å². The molecule has 0 radical (unpaired) electrons. The second-order valence-electron chi connectivity index (χ2n) is 6.06. The molecule has 0 saturated carbocycles. The van der Waals surface area contributed by atoms with E-state index in [-0.39, 0.29) is 40.6 Å². The second kappa shape index (κ2) is 6.90. The predicted molar refractivity (Wildman–Crippen MR) is 89.9 cm³/mol. The summed E-state index contributed by atoms with van der Waals surface area (Å²) in [4.78, 5) is 24.6. The summed E-state index contributed by atoms with van der Waals surface area (Å²) in [6.07, 6.45) is 6.13. The highest BCUT2D eigenvalue weighted by Gasteiger charge is 2.38. The van der Waals surface area contributed by atoms with Crippen LogP contribution in [0, 0.1) is 0 Å². The standard InChI is InChI=1S/C18H17ClO6/c1-9-6-15-14(25-15)5-3-2-4-10(20)7-11-16(18(23)24-9)12(21)8-13(22)17(11)19/h2-5,8-9,14-15,21-22H,6-7H2,1H3/b4-2+,5-3+. The van der Waals surface area contributed by atoms with Crippen LogP contribution in [0.4, 0.5) is 0 Å². The van der Waals surface area contributed by atoms with E-state index in [2.05, 4.69) is 0 Å². The largest absolute Gasteiger partial charge is 0.507 e. The van der Waals surface area contributed by atoms with Crippen LogP contribution in [0.2, 0.25) is 5.02 Å². The van der Waals surface area contributed by atoms with Crippen molar-refractivity contribution in [2.45, 2.75) is 38.1 Å². The number of hydrogen-bond acceptors (Lipinski definition) is 6. The highest BCUT2D eigenvalue weighted by molar-refractivity contribution is 6.33. The van der Waals surface area contributed by atoms with Gasteiger partial charge < -0.3 is 19.7 Å². The van der Waals surface area contributed by atoms with Crippen LogP contribution >= 0.6 is 11.6 Å². The average molecular weight is 365 g/mol. The molecule has 1 aromatic rings. The molecule has 0 aliphatic carbocycles. The van der Waals surface area contributed by atoms with Crippen LogP contribution in [0.1, 0.15) is 29.3 Å². The lowest BCUT2D eigenvalue weighted by Gasteiger charge is -2.16. The van der Waals surface area contributed by atoms with Crippen LogP contribution in [0.5, 0.6) is 11.5 Å². The van der Waals surface area contributed by atoms with Gasteiger partial charge in [0.2, 0.25) is 0 Å². The molecule has 0 spiro atoms. The summed E-state index contributed by atoms with van der Waals surface area (Å²) in [5.41, 5.74) is -0.176. The maximum Gasteiger partial charge on any atom is 0.342 e. The van der Waals surface area contributed by atoms with Gasteiger partial charge in [-0.25, -0.2) is 4.79 Å². The Morgan fingerprint density at radius 2 is 1.96 bits per heavy atom. The Labute approximate surface area is 149 Å². The lowest BCUT2D eigenvalue weighted by molar-refractivity contribution is -0.114. The number of cyclic esters (lactones) is 1. The number of hydrogen-bond donors (Lipinski definition) is 2. The molecule has 2 aliphatic rings. The third-order valence-corrected chi connectivity index (χ3v) is 4.49. The first-order valence-corrected chi connectivity index (χ1v) is 8.22. The van der Waals surface area contributed by atoms with Gasteiger partial charge in [0.15, 0.2) is 5.78 Å². The Morgan fingerprint density at radius 1 is 1.20 bits per heavy atom. The highest BCUT2D eigenvalue weighted by atomic mass is 35.5. The zero-order valence-corrected chi connectivity index (χ0v) is 14.2. The summed E-state index contributed by atoms with van der Waals surface area (Å²) in [5.74, 6) is -2.04. The van der Waals surface area contributed by atoms with Gasteiger partial charge in [0, 0.05) is 24.5 Å². The molecule has 3 atom stereocenters. The third-order valence-electron chi connectivity index (χ3n) is 4.06. The average Bonchev–Trinajstić information content (AvgIpc) is 3.25. The molecule has 2 aliphatic heterocycles. The number of epoxide rings is 1. The third kappa shape index (κ3) is 3.86. The number of carbonyl (C=O) groups is 2. The van der Waals surface area contributed by atoms with E-state index in [1.165, 1.54) is 6.08 Å². The Morgan fingerprint density at radius 3 is 2.72 bits per heavy atom. The first-order chi connectivity index (χ1) is 11.9. The molecule has 1 fully saturated rings. The summed E-state index contributed by atoms with van der Waals surface area (Å²) in [7, 11) is 0. The van der Waals surface area contributed by atoms with Gasteiger partial charge in [0.1, 0.15) is 29.3 Å². The van der Waals surface area contributed by atoms with Crippen LogP contribution in [0.15, 0.2) is 30.4 Å². The number of ketones is 1. The van der Waals surface area contributed by atoms with Crippen molar-refractivity contribution in [1.29, 1.82) is 0 Å². The topological polar surface area (TPSA) is 96.4 Å². The van der Waals surface area contributed by atoms with Crippen molar-refractivity contribution in [1.82, 2.24) is 0 Å². The Balaban J connectivity index is 2.01. The maximum atomic E-state index is 12.5. The van der Waals surface area contributed by atoms with Gasteiger partial charge in [-0.15, -0.1) is 0 Å². The van der Waals surface area contributed by atoms with E-state index in [1.54, 1.807) is 19.1 Å². The summed E-state index contributed by atoms with van der Waals surface area (Å²) in [6.45, 7) is 1.72. The van der Waals surface area contributed by atoms with Gasteiger partial charge in [0.05, 0.1) is 11.1 Å². The molecule has 3 rings (SSSR count). The number of rotatable bonds is 0. The number of phenols is 2. The number of ether oxygens (including phenoxy) is 2. The van der Waals surface area contributed by atoms with Crippen molar-refractivity contribution in [3.8, 4) is 11.5 Å². The fourth-order valence-electron chi connectivity index (χ4n) is 2.78. The molecule has 0 amide bonds. The summed E-state index contributed by atoms with van der Waals surface area (Å²) in [6, 6.07) is 0.958. The van der Waals surface area contributed by atoms with E-state index in [4.69, 9.17) is 21.1 Å². The summed E-state index contributed by atoms with van der Waals surface area (Å²) in [5, 5.41) is 19.7. The van der Waals surface area contributed by atoms with E-state index in [0.29, 0.717) is 6.42 Å². The molecular weight excluding hydrogens is 348 g/mol. The molecule has 1 aromatic carbocycles. The fourth-order valence-corrected chi connectivity index (χ4v) is 3.00. The van der Waals surface area contributed by atoms with E-state index in [9.17, 15) is 19.8 Å². The number of halogens is 1. The molecule has 7 heteroatoms. The molecule has 6 nitrogen and oxygen atoms in total. The quantitative estimate of drug-likeness (QED) is 0.542. The number of carbonyl (C=O) groups excluding carboxylic acids is 2. The van der Waals surface area contributed by atoms with E-state index < -0.39 is 23.6 Å². The first-order valence-electron chi connectivity index (χ1n) is 7.84. The van der Waals surface area contributed by atoms with Crippen LogP contribution in [-0.2, 0) is 20.7 Å². The van der Waals surface area contributed by atoms with Crippen molar-refractivity contribution in [3.63, 3.8) is 0 Å². The monoisotopic (exact) mass is 364 g/mol. The van der Waals surface area contributed by atoms with Crippen LogP contribution < -0.4 is 0 Å². The minimum absolute atomic E-state index is 0.0348. The number of phenolic OH excluding ortho intramolecular Hbond substituents is 2. The number of aromatic hydroxyl groups is 2. The van der Waals surface area contributed by atoms with Gasteiger partial charge in [0.25, 0.3) is 0 Å². The fraction of sp³-hybridized carbons (Fsp3) is 0.333. The molecular formula is C18H17ClO6. The van der Waals surface area contributed by atoms with Gasteiger partial charge in [-0.05, 0) is 13.0 Å². The zero-order chi connectivity index (χ0) is 18.1. The summed E-state index contributed by atoms with van der Waals surface area (Å²) < 4.78 is 10.8. The Kier molecular flexibility index (Phi) is 4.83. The van der Waals surface area contributed by atoms with Gasteiger partial charge >= 0.3 is 5.97 Å². The van der Waals surface area contributed by atoms with Gasteiger partial charge in [-0.1, -0.05) is 29.8 Å². The number of esters is 1. The smallest absolute Gasteiger partial charge is 0.342 e. The molecule has 25 heavy (non-hydrogen) atoms. The van der Waals surface area contributed by atoms with Crippen LogP contribution in [0.3, 0.4) is 0 Å². The maximum absolute atomic E-state index is 12.5. The number of allylic oxidation sites excluding steroid dienone is 3. The van der Waals surface area contributed by atoms with Crippen molar-refractivity contribution in [2.75, 3.05) is 0 Å². The number of benzene rings is 1. The van der Waals surface area contributed by atoms with Crippen molar-refractivity contribution < 1.29 is 29.3 Å². The predicted octanol–water partition coefficient (Wildman–Crippen LogP) is 2.69. The minimum atomic E-state index is -0.802. The Bertz CT molecular complexity index is 782. The van der Waals surface area contributed by atoms with Crippen molar-refractivity contribution in [2.24, 2.45) is 0 Å².